The van der Waals surface area contributed by atoms with E-state index in [4.69, 9.17) is 14.2 Å². The van der Waals surface area contributed by atoms with Crippen LogP contribution in [0.25, 0.3) is 0 Å². The summed E-state index contributed by atoms with van der Waals surface area (Å²) in [5.41, 5.74) is 0. The van der Waals surface area contributed by atoms with Crippen molar-refractivity contribution in [1.82, 2.24) is 9.21 Å². The first-order chi connectivity index (χ1) is 12.6. The van der Waals surface area contributed by atoms with Crippen LogP contribution in [0.15, 0.2) is 29.2 Å². The molecule has 0 N–H and O–H groups in total. The molecule has 0 amide bonds. The Balaban J connectivity index is 1.77. The van der Waals surface area contributed by atoms with Crippen LogP contribution in [-0.2, 0) is 19.5 Å². The third-order valence-corrected chi connectivity index (χ3v) is 6.97. The molecule has 2 fully saturated rings. The molecule has 0 radical (unpaired) electrons. The fraction of sp³-hybridized carbons (Fsp3) is 0.667. The first-order valence-electron chi connectivity index (χ1n) is 9.15. The highest BCUT2D eigenvalue weighted by atomic mass is 32.2. The van der Waals surface area contributed by atoms with Gasteiger partial charge in [0.1, 0.15) is 5.75 Å². The van der Waals surface area contributed by atoms with Gasteiger partial charge in [-0.15, -0.1) is 0 Å². The highest BCUT2D eigenvalue weighted by Crippen LogP contribution is 2.25. The predicted octanol–water partition coefficient (Wildman–Crippen LogP) is 1.20. The van der Waals surface area contributed by atoms with Crippen molar-refractivity contribution < 1.29 is 22.6 Å². The summed E-state index contributed by atoms with van der Waals surface area (Å²) >= 11 is 0. The number of hydrogen-bond donors (Lipinski definition) is 0. The van der Waals surface area contributed by atoms with Crippen LogP contribution < -0.4 is 4.74 Å². The summed E-state index contributed by atoms with van der Waals surface area (Å²) in [6.07, 6.45) is 1.47. The molecule has 2 aliphatic heterocycles. The minimum Gasteiger partial charge on any atom is -0.497 e. The average molecular weight is 384 g/mol. The average Bonchev–Trinajstić information content (AvgIpc) is 2.69. The predicted molar refractivity (Wildman–Crippen MR) is 98.0 cm³/mol. The first-order valence-corrected chi connectivity index (χ1v) is 10.6. The van der Waals surface area contributed by atoms with Gasteiger partial charge < -0.3 is 14.2 Å². The Labute approximate surface area is 155 Å². The molecule has 1 aromatic rings. The van der Waals surface area contributed by atoms with Crippen LogP contribution in [0.5, 0.6) is 5.75 Å². The zero-order valence-electron chi connectivity index (χ0n) is 15.3. The molecule has 0 atom stereocenters. The summed E-state index contributed by atoms with van der Waals surface area (Å²) in [6, 6.07) is 6.61. The number of nitrogens with zero attached hydrogens (tertiary/aromatic N) is 2. The Kier molecular flexibility index (Phi) is 6.88. The van der Waals surface area contributed by atoms with E-state index in [1.165, 1.54) is 0 Å². The molecule has 0 saturated carbocycles. The van der Waals surface area contributed by atoms with Crippen LogP contribution in [0.2, 0.25) is 0 Å². The molecule has 146 valence electrons. The number of hydrogen-bond acceptors (Lipinski definition) is 6. The van der Waals surface area contributed by atoms with E-state index in [1.807, 2.05) is 0 Å². The normalized spacial score (nSPS) is 20.4. The van der Waals surface area contributed by atoms with Crippen molar-refractivity contribution in [2.24, 2.45) is 0 Å². The number of sulfonamides is 1. The molecule has 2 saturated heterocycles. The number of morpholine rings is 1. The molecule has 2 heterocycles. The maximum atomic E-state index is 13.3. The Morgan fingerprint density at radius 2 is 1.69 bits per heavy atom. The monoisotopic (exact) mass is 384 g/mol. The van der Waals surface area contributed by atoms with Gasteiger partial charge in [0.2, 0.25) is 10.0 Å². The van der Waals surface area contributed by atoms with Gasteiger partial charge in [0.25, 0.3) is 0 Å². The number of methoxy groups -OCH3 is 1. The largest absolute Gasteiger partial charge is 0.497 e. The lowest BCUT2D eigenvalue weighted by molar-refractivity contribution is 0.0291. The molecule has 8 heteroatoms. The molecule has 2 aliphatic rings. The van der Waals surface area contributed by atoms with E-state index in [0.717, 1.165) is 32.5 Å². The lowest BCUT2D eigenvalue weighted by Crippen LogP contribution is -2.48. The molecule has 26 heavy (non-hydrogen) atoms. The van der Waals surface area contributed by atoms with Crippen LogP contribution in [0.1, 0.15) is 12.8 Å². The van der Waals surface area contributed by atoms with E-state index < -0.39 is 10.0 Å². The Bertz CT molecular complexity index is 653. The summed E-state index contributed by atoms with van der Waals surface area (Å²) in [4.78, 5) is 2.58. The van der Waals surface area contributed by atoms with Crippen LogP contribution in [0.4, 0.5) is 0 Å². The summed E-state index contributed by atoms with van der Waals surface area (Å²) in [5.74, 6) is 0.648. The van der Waals surface area contributed by atoms with E-state index in [-0.39, 0.29) is 6.04 Å². The molecular formula is C18H28N2O5S. The van der Waals surface area contributed by atoms with Gasteiger partial charge in [0.05, 0.1) is 25.2 Å². The van der Waals surface area contributed by atoms with Crippen LogP contribution in [0.3, 0.4) is 0 Å². The van der Waals surface area contributed by atoms with E-state index in [0.29, 0.717) is 43.6 Å². The highest BCUT2D eigenvalue weighted by Gasteiger charge is 2.33. The van der Waals surface area contributed by atoms with Crippen molar-refractivity contribution in [2.75, 3.05) is 59.7 Å². The van der Waals surface area contributed by atoms with Crippen molar-refractivity contribution in [3.05, 3.63) is 24.3 Å². The maximum absolute atomic E-state index is 13.3. The number of benzene rings is 1. The van der Waals surface area contributed by atoms with Gasteiger partial charge in [-0.2, -0.15) is 4.31 Å². The Morgan fingerprint density at radius 1 is 1.08 bits per heavy atom. The molecular weight excluding hydrogens is 356 g/mol. The number of rotatable bonds is 7. The van der Waals surface area contributed by atoms with Crippen molar-refractivity contribution >= 4 is 10.0 Å². The Morgan fingerprint density at radius 3 is 2.31 bits per heavy atom. The van der Waals surface area contributed by atoms with E-state index >= 15 is 0 Å². The molecule has 0 aromatic heterocycles. The van der Waals surface area contributed by atoms with Crippen molar-refractivity contribution in [2.45, 2.75) is 23.8 Å². The standard InChI is InChI=1S/C18H28N2O5S/c1-23-17-2-4-18(5-3-17)26(21,22)20(16-6-12-24-13-7-16)9-8-19-10-14-25-15-11-19/h2-5,16H,6-15H2,1H3. The molecule has 7 nitrogen and oxygen atoms in total. The third kappa shape index (κ3) is 4.75. The smallest absolute Gasteiger partial charge is 0.243 e. The van der Waals surface area contributed by atoms with Gasteiger partial charge in [-0.1, -0.05) is 0 Å². The summed E-state index contributed by atoms with van der Waals surface area (Å²) in [6.45, 7) is 5.54. The minimum absolute atomic E-state index is 0.0168. The fourth-order valence-electron chi connectivity index (χ4n) is 3.42. The quantitative estimate of drug-likeness (QED) is 0.704. The third-order valence-electron chi connectivity index (χ3n) is 5.00. The van der Waals surface area contributed by atoms with Gasteiger partial charge in [-0.3, -0.25) is 4.90 Å². The number of ether oxygens (including phenoxy) is 3. The minimum atomic E-state index is -3.56. The van der Waals surface area contributed by atoms with Crippen molar-refractivity contribution in [3.8, 4) is 5.75 Å². The zero-order chi connectivity index (χ0) is 18.4. The highest BCUT2D eigenvalue weighted by molar-refractivity contribution is 7.89. The summed E-state index contributed by atoms with van der Waals surface area (Å²) < 4.78 is 44.2. The molecule has 0 bridgehead atoms. The van der Waals surface area contributed by atoms with Crippen LogP contribution >= 0.6 is 0 Å². The lowest BCUT2D eigenvalue weighted by atomic mass is 10.1. The lowest BCUT2D eigenvalue weighted by Gasteiger charge is -2.35. The first kappa shape index (κ1) is 19.6. The van der Waals surface area contributed by atoms with Gasteiger partial charge in [0.15, 0.2) is 0 Å². The second-order valence-corrected chi connectivity index (χ2v) is 8.48. The maximum Gasteiger partial charge on any atom is 0.243 e. The second-order valence-electron chi connectivity index (χ2n) is 6.59. The SMILES string of the molecule is COc1ccc(S(=O)(=O)N(CCN2CCOCC2)C2CCOCC2)cc1. The molecule has 0 aliphatic carbocycles. The topological polar surface area (TPSA) is 68.3 Å². The van der Waals surface area contributed by atoms with E-state index in [9.17, 15) is 8.42 Å². The molecule has 0 unspecified atom stereocenters. The van der Waals surface area contributed by atoms with Crippen molar-refractivity contribution in [1.29, 1.82) is 0 Å². The zero-order valence-corrected chi connectivity index (χ0v) is 16.1. The summed E-state index contributed by atoms with van der Waals surface area (Å²) in [7, 11) is -1.99. The van der Waals surface area contributed by atoms with Crippen molar-refractivity contribution in [3.63, 3.8) is 0 Å². The van der Waals surface area contributed by atoms with Gasteiger partial charge in [-0.25, -0.2) is 8.42 Å². The molecule has 1 aromatic carbocycles. The van der Waals surface area contributed by atoms with Gasteiger partial charge >= 0.3 is 0 Å². The fourth-order valence-corrected chi connectivity index (χ4v) is 5.10. The van der Waals surface area contributed by atoms with E-state index in [1.54, 1.807) is 35.7 Å². The van der Waals surface area contributed by atoms with E-state index in [2.05, 4.69) is 4.90 Å². The second kappa shape index (κ2) is 9.14. The van der Waals surface area contributed by atoms with Gasteiger partial charge in [0, 0.05) is 45.4 Å². The Hall–Kier alpha value is -1.19. The van der Waals surface area contributed by atoms with Gasteiger partial charge in [-0.05, 0) is 37.1 Å². The molecule has 3 rings (SSSR count). The van der Waals surface area contributed by atoms with Crippen LogP contribution in [0, 0.1) is 0 Å². The molecule has 0 spiro atoms. The summed E-state index contributed by atoms with van der Waals surface area (Å²) in [5, 5.41) is 0. The van der Waals surface area contributed by atoms with Crippen LogP contribution in [-0.4, -0.2) is 83.4 Å².